The molecule has 0 fully saturated rings. The number of amides is 1. The van der Waals surface area contributed by atoms with Gasteiger partial charge in [-0.1, -0.05) is 16.7 Å². The van der Waals surface area contributed by atoms with Gasteiger partial charge < -0.3 is 24.6 Å². The average molecular weight is 519 g/mol. The first kappa shape index (κ1) is 31.2. The number of benzene rings is 1. The maximum Gasteiger partial charge on any atom is 0.499 e. The van der Waals surface area contributed by atoms with Crippen LogP contribution in [0, 0.1) is 0 Å². The highest BCUT2D eigenvalue weighted by Crippen LogP contribution is 2.42. The van der Waals surface area contributed by atoms with Crippen molar-refractivity contribution in [3.63, 3.8) is 0 Å². The van der Waals surface area contributed by atoms with Crippen molar-refractivity contribution in [2.75, 3.05) is 13.3 Å². The number of alkyl halides is 1. The summed E-state index contributed by atoms with van der Waals surface area (Å²) < 4.78 is 47.6. The lowest BCUT2D eigenvalue weighted by atomic mass is 9.89. The van der Waals surface area contributed by atoms with Crippen molar-refractivity contribution in [2.45, 2.75) is 103 Å². The molecule has 0 saturated heterocycles. The standard InChI is InChI=1S/C25H41FNO7P/c1-22(2,3)32-25(34-35-30,33-23(4,5)6)24(7,27-21(28)29)16-15-19-11-13-20(14-12-19)31-18-10-8-9-17-26/h11-14,27,35H,8-10,15-18H2,1-7H3/p+1/t24-/m1/s1. The Morgan fingerprint density at radius 1 is 0.971 bits per heavy atom. The van der Waals surface area contributed by atoms with Gasteiger partial charge >= 0.3 is 20.8 Å². The van der Waals surface area contributed by atoms with E-state index in [0.717, 1.165) is 18.4 Å². The number of rotatable bonds is 15. The number of nitrogens with one attached hydrogen (secondary N) is 1. The predicted octanol–water partition coefficient (Wildman–Crippen LogP) is 6.40. The zero-order valence-corrected chi connectivity index (χ0v) is 23.0. The molecule has 1 aromatic carbocycles. The second kappa shape index (κ2) is 13.5. The van der Waals surface area contributed by atoms with E-state index in [9.17, 15) is 18.9 Å². The molecule has 35 heavy (non-hydrogen) atoms. The molecule has 2 atom stereocenters. The second-order valence-electron chi connectivity index (χ2n) is 10.7. The Hall–Kier alpha value is -1.80. The smallest absolute Gasteiger partial charge is 0.494 e. The predicted molar refractivity (Wildman–Crippen MR) is 134 cm³/mol. The summed E-state index contributed by atoms with van der Waals surface area (Å²) in [4.78, 5) is 11.8. The molecular weight excluding hydrogens is 476 g/mol. The first-order valence-electron chi connectivity index (χ1n) is 11.9. The second-order valence-corrected chi connectivity index (χ2v) is 11.0. The number of ether oxygens (including phenoxy) is 3. The molecule has 0 aliphatic carbocycles. The molecule has 1 unspecified atom stereocenters. The molecule has 0 bridgehead atoms. The molecule has 1 aromatic rings. The Morgan fingerprint density at radius 3 is 2.00 bits per heavy atom. The van der Waals surface area contributed by atoms with E-state index in [0.29, 0.717) is 25.2 Å². The van der Waals surface area contributed by atoms with Gasteiger partial charge in [-0.25, -0.2) is 4.79 Å². The third kappa shape index (κ3) is 11.2. The fraction of sp³-hybridized carbons (Fsp3) is 0.720. The van der Waals surface area contributed by atoms with E-state index in [1.54, 1.807) is 48.5 Å². The van der Waals surface area contributed by atoms with Gasteiger partial charge in [-0.15, -0.1) is 0 Å². The minimum Gasteiger partial charge on any atom is -0.494 e. The van der Waals surface area contributed by atoms with Crippen LogP contribution in [0.15, 0.2) is 24.3 Å². The number of carbonyl (C=O) groups is 1. The summed E-state index contributed by atoms with van der Waals surface area (Å²) in [6.07, 6.45) is 1.49. The van der Waals surface area contributed by atoms with E-state index >= 15 is 0 Å². The Balaban J connectivity index is 3.15. The van der Waals surface area contributed by atoms with Crippen LogP contribution in [0.3, 0.4) is 0 Å². The molecule has 0 heterocycles. The number of unbranched alkanes of at least 4 members (excludes halogenated alkanes) is 2. The van der Waals surface area contributed by atoms with Gasteiger partial charge in [-0.2, -0.15) is 0 Å². The molecule has 0 radical (unpaired) electrons. The van der Waals surface area contributed by atoms with E-state index in [-0.39, 0.29) is 13.1 Å². The first-order valence-corrected chi connectivity index (χ1v) is 12.7. The van der Waals surface area contributed by atoms with E-state index in [1.165, 1.54) is 0 Å². The molecule has 0 spiro atoms. The summed E-state index contributed by atoms with van der Waals surface area (Å²) >= 11 is 0. The monoisotopic (exact) mass is 518 g/mol. The lowest BCUT2D eigenvalue weighted by Gasteiger charge is -2.48. The van der Waals surface area contributed by atoms with Crippen LogP contribution in [0.5, 0.6) is 5.75 Å². The van der Waals surface area contributed by atoms with Crippen molar-refractivity contribution in [3.8, 4) is 5.75 Å². The molecule has 0 aliphatic heterocycles. The maximum absolute atomic E-state index is 12.2. The highest BCUT2D eigenvalue weighted by molar-refractivity contribution is 7.17. The van der Waals surface area contributed by atoms with Crippen LogP contribution in [0.4, 0.5) is 9.18 Å². The molecule has 2 N–H and O–H groups in total. The van der Waals surface area contributed by atoms with Crippen molar-refractivity contribution in [2.24, 2.45) is 0 Å². The number of hydrogen-bond acceptors (Lipinski definition) is 6. The van der Waals surface area contributed by atoms with Gasteiger partial charge in [-0.05, 0) is 103 Å². The summed E-state index contributed by atoms with van der Waals surface area (Å²) in [6.45, 7) is 12.5. The molecular formula is C25H42FNO7P+. The van der Waals surface area contributed by atoms with Crippen LogP contribution < -0.4 is 10.1 Å². The molecule has 200 valence electrons. The normalized spacial score (nSPS) is 14.5. The van der Waals surface area contributed by atoms with Gasteiger partial charge in [0.1, 0.15) is 11.3 Å². The largest absolute Gasteiger partial charge is 0.499 e. The zero-order chi connectivity index (χ0) is 26.8. The van der Waals surface area contributed by atoms with Gasteiger partial charge in [0.2, 0.25) is 0 Å². The molecule has 0 aliphatic rings. The lowest BCUT2D eigenvalue weighted by Crippen LogP contribution is -2.68. The summed E-state index contributed by atoms with van der Waals surface area (Å²) in [7, 11) is -1.25. The molecule has 10 heteroatoms. The molecule has 0 aromatic heterocycles. The summed E-state index contributed by atoms with van der Waals surface area (Å²) in [6, 6.07) is 7.47. The molecule has 8 nitrogen and oxygen atoms in total. The number of carboxylic acid groups (broad SMARTS) is 1. The maximum atomic E-state index is 12.2. The Kier molecular flexibility index (Phi) is 12.0. The summed E-state index contributed by atoms with van der Waals surface area (Å²) in [5.41, 5.74) is -2.12. The summed E-state index contributed by atoms with van der Waals surface area (Å²) in [5, 5.41) is 12.2. The van der Waals surface area contributed by atoms with E-state index < -0.39 is 37.5 Å². The van der Waals surface area contributed by atoms with Gasteiger partial charge in [0.05, 0.1) is 24.5 Å². The highest BCUT2D eigenvalue weighted by Gasteiger charge is 2.60. The van der Waals surface area contributed by atoms with Crippen molar-refractivity contribution in [3.05, 3.63) is 29.8 Å². The topological polar surface area (TPSA) is 103 Å². The van der Waals surface area contributed by atoms with E-state index in [4.69, 9.17) is 18.7 Å². The number of hydrogen-bond donors (Lipinski definition) is 2. The highest BCUT2D eigenvalue weighted by atomic mass is 31.1. The van der Waals surface area contributed by atoms with Gasteiger partial charge in [-0.3, -0.25) is 4.39 Å². The number of aryl methyl sites for hydroxylation is 1. The van der Waals surface area contributed by atoms with Crippen molar-refractivity contribution in [1.29, 1.82) is 0 Å². The molecule has 1 amide bonds. The van der Waals surface area contributed by atoms with Crippen LogP contribution >= 0.6 is 8.69 Å². The van der Waals surface area contributed by atoms with Crippen molar-refractivity contribution in [1.82, 2.24) is 5.32 Å². The van der Waals surface area contributed by atoms with Crippen LogP contribution in [0.25, 0.3) is 0 Å². The molecule has 1 rings (SSSR count). The summed E-state index contributed by atoms with van der Waals surface area (Å²) in [5.74, 6) is -1.26. The fourth-order valence-corrected chi connectivity index (χ4v) is 3.92. The Morgan fingerprint density at radius 2 is 1.54 bits per heavy atom. The lowest BCUT2D eigenvalue weighted by molar-refractivity contribution is -0.423. The quantitative estimate of drug-likeness (QED) is 0.157. The third-order valence-corrected chi connectivity index (χ3v) is 5.35. The van der Waals surface area contributed by atoms with Crippen LogP contribution in [0.2, 0.25) is 0 Å². The van der Waals surface area contributed by atoms with Crippen LogP contribution in [-0.2, 0) is 25.0 Å². The van der Waals surface area contributed by atoms with E-state index in [1.807, 2.05) is 24.3 Å². The number of halogens is 1. The van der Waals surface area contributed by atoms with Crippen molar-refractivity contribution < 1.29 is 37.6 Å². The SMILES string of the molecule is CC(C)(C)OC(O[PH+]=O)(OC(C)(C)C)[C@@](C)(CCc1ccc(OCCCCCF)cc1)NC(=O)O. The van der Waals surface area contributed by atoms with Gasteiger partial charge in [0.15, 0.2) is 0 Å². The molecule has 0 saturated carbocycles. The van der Waals surface area contributed by atoms with Crippen molar-refractivity contribution >= 4 is 14.8 Å². The first-order chi connectivity index (χ1) is 16.2. The van der Waals surface area contributed by atoms with Gasteiger partial charge in [0, 0.05) is 0 Å². The average Bonchev–Trinajstić information content (AvgIpc) is 2.70. The zero-order valence-electron chi connectivity index (χ0n) is 22.0. The third-order valence-electron chi connectivity index (χ3n) is 5.00. The fourth-order valence-electron chi connectivity index (χ4n) is 3.50. The van der Waals surface area contributed by atoms with Crippen LogP contribution in [0.1, 0.15) is 79.7 Å². The van der Waals surface area contributed by atoms with E-state index in [2.05, 4.69) is 5.32 Å². The van der Waals surface area contributed by atoms with Gasteiger partial charge in [0.25, 0.3) is 0 Å². The Labute approximate surface area is 210 Å². The Bertz CT molecular complexity index is 776. The minimum absolute atomic E-state index is 0.222. The van der Waals surface area contributed by atoms with Crippen LogP contribution in [-0.4, -0.2) is 47.2 Å². The minimum atomic E-state index is -1.97.